The maximum atomic E-state index is 11.9. The van der Waals surface area contributed by atoms with Crippen LogP contribution in [0.2, 0.25) is 0 Å². The lowest BCUT2D eigenvalue weighted by Crippen LogP contribution is -2.32. The largest absolute Gasteiger partial charge is 0.482 e. The van der Waals surface area contributed by atoms with Gasteiger partial charge >= 0.3 is 17.8 Å². The highest BCUT2D eigenvalue weighted by molar-refractivity contribution is 6.39. The molecule has 8 heteroatoms. The molecular weight excluding hydrogens is 350 g/mol. The van der Waals surface area contributed by atoms with E-state index >= 15 is 0 Å². The van der Waals surface area contributed by atoms with Crippen molar-refractivity contribution < 1.29 is 24.2 Å². The molecule has 0 fully saturated rings. The molecule has 0 heterocycles. The average molecular weight is 369 g/mol. The van der Waals surface area contributed by atoms with E-state index in [4.69, 9.17) is 9.84 Å². The second kappa shape index (κ2) is 9.14. The van der Waals surface area contributed by atoms with E-state index in [0.29, 0.717) is 17.0 Å². The summed E-state index contributed by atoms with van der Waals surface area (Å²) in [5.74, 6) is -2.39. The van der Waals surface area contributed by atoms with E-state index in [1.165, 1.54) is 6.21 Å². The van der Waals surface area contributed by atoms with Crippen molar-refractivity contribution in [2.75, 3.05) is 11.9 Å². The SMILES string of the molecule is Cc1cccc(NC(=O)C(=O)N/N=C\c2ccc(OCC(=O)O)cc2)c1C. The molecular formula is C19H19N3O5. The maximum absolute atomic E-state index is 11.9. The van der Waals surface area contributed by atoms with Gasteiger partial charge in [-0.15, -0.1) is 0 Å². The minimum atomic E-state index is -1.07. The number of nitrogens with one attached hydrogen (secondary N) is 2. The number of rotatable bonds is 6. The summed E-state index contributed by atoms with van der Waals surface area (Å²) >= 11 is 0. The van der Waals surface area contributed by atoms with Crippen LogP contribution in [0.25, 0.3) is 0 Å². The molecule has 0 aromatic heterocycles. The summed E-state index contributed by atoms with van der Waals surface area (Å²) in [4.78, 5) is 34.2. The van der Waals surface area contributed by atoms with Crippen molar-refractivity contribution in [2.45, 2.75) is 13.8 Å². The van der Waals surface area contributed by atoms with Gasteiger partial charge in [-0.2, -0.15) is 5.10 Å². The Morgan fingerprint density at radius 3 is 2.44 bits per heavy atom. The first-order valence-corrected chi connectivity index (χ1v) is 8.02. The van der Waals surface area contributed by atoms with Crippen molar-refractivity contribution in [2.24, 2.45) is 5.10 Å². The number of carboxylic acids is 1. The number of ether oxygens (including phenoxy) is 1. The topological polar surface area (TPSA) is 117 Å². The number of aryl methyl sites for hydroxylation is 1. The average Bonchev–Trinajstić information content (AvgIpc) is 2.64. The predicted octanol–water partition coefficient (Wildman–Crippen LogP) is 1.86. The molecule has 0 radical (unpaired) electrons. The Bertz CT molecular complexity index is 875. The number of carboxylic acid groups (broad SMARTS) is 1. The summed E-state index contributed by atoms with van der Waals surface area (Å²) in [7, 11) is 0. The number of hydrogen-bond acceptors (Lipinski definition) is 5. The summed E-state index contributed by atoms with van der Waals surface area (Å²) in [6.45, 7) is 3.33. The number of anilines is 1. The molecule has 2 aromatic carbocycles. The molecule has 0 bridgehead atoms. The first-order valence-electron chi connectivity index (χ1n) is 8.02. The first-order chi connectivity index (χ1) is 12.9. The monoisotopic (exact) mass is 369 g/mol. The van der Waals surface area contributed by atoms with Gasteiger partial charge in [-0.25, -0.2) is 10.2 Å². The van der Waals surface area contributed by atoms with Crippen LogP contribution in [0, 0.1) is 13.8 Å². The quantitative estimate of drug-likeness (QED) is 0.408. The van der Waals surface area contributed by atoms with Crippen LogP contribution < -0.4 is 15.5 Å². The highest BCUT2D eigenvalue weighted by Crippen LogP contribution is 2.17. The minimum absolute atomic E-state index is 0.395. The molecule has 0 spiro atoms. The first kappa shape index (κ1) is 19.6. The summed E-state index contributed by atoms with van der Waals surface area (Å²) in [5, 5.41) is 14.8. The fraction of sp³-hybridized carbons (Fsp3) is 0.158. The molecule has 140 valence electrons. The zero-order valence-electron chi connectivity index (χ0n) is 14.9. The molecule has 2 aromatic rings. The lowest BCUT2D eigenvalue weighted by molar-refractivity contribution is -0.139. The Kier molecular flexibility index (Phi) is 6.65. The van der Waals surface area contributed by atoms with E-state index in [9.17, 15) is 14.4 Å². The Morgan fingerprint density at radius 2 is 1.78 bits per heavy atom. The number of amides is 2. The van der Waals surface area contributed by atoms with E-state index in [2.05, 4.69) is 15.8 Å². The van der Waals surface area contributed by atoms with Crippen molar-refractivity contribution in [3.05, 3.63) is 59.2 Å². The standard InChI is InChI=1S/C19H19N3O5/c1-12-4-3-5-16(13(12)2)21-18(25)19(26)22-20-10-14-6-8-15(9-7-14)27-11-17(23)24/h3-10H,11H2,1-2H3,(H,21,25)(H,22,26)(H,23,24)/b20-10-. The number of nitrogens with zero attached hydrogens (tertiary/aromatic N) is 1. The Balaban J connectivity index is 1.87. The Hall–Kier alpha value is -3.68. The molecule has 8 nitrogen and oxygen atoms in total. The van der Waals surface area contributed by atoms with Crippen LogP contribution in [0.5, 0.6) is 5.75 Å². The molecule has 2 amide bonds. The van der Waals surface area contributed by atoms with Gasteiger partial charge in [-0.3, -0.25) is 9.59 Å². The van der Waals surface area contributed by atoms with Crippen molar-refractivity contribution in [3.63, 3.8) is 0 Å². The van der Waals surface area contributed by atoms with Gasteiger partial charge in [0.15, 0.2) is 6.61 Å². The number of hydrazone groups is 1. The van der Waals surface area contributed by atoms with Crippen LogP contribution in [-0.2, 0) is 14.4 Å². The highest BCUT2D eigenvalue weighted by atomic mass is 16.5. The van der Waals surface area contributed by atoms with Gasteiger partial charge in [-0.05, 0) is 60.9 Å². The molecule has 0 aliphatic carbocycles. The third-order valence-corrected chi connectivity index (χ3v) is 3.68. The van der Waals surface area contributed by atoms with E-state index in [0.717, 1.165) is 11.1 Å². The minimum Gasteiger partial charge on any atom is -0.482 e. The second-order valence-corrected chi connectivity index (χ2v) is 5.65. The van der Waals surface area contributed by atoms with Crippen LogP contribution in [0.3, 0.4) is 0 Å². The van der Waals surface area contributed by atoms with Gasteiger partial charge in [0.1, 0.15) is 5.75 Å². The summed E-state index contributed by atoms with van der Waals surface area (Å²) in [5.41, 5.74) is 5.23. The smallest absolute Gasteiger partial charge is 0.341 e. The van der Waals surface area contributed by atoms with Crippen molar-refractivity contribution >= 4 is 29.7 Å². The highest BCUT2D eigenvalue weighted by Gasteiger charge is 2.14. The molecule has 3 N–H and O–H groups in total. The molecule has 0 saturated heterocycles. The fourth-order valence-corrected chi connectivity index (χ4v) is 2.08. The van der Waals surface area contributed by atoms with Gasteiger partial charge in [0.05, 0.1) is 6.21 Å². The summed E-state index contributed by atoms with van der Waals surface area (Å²) < 4.78 is 5.00. The van der Waals surface area contributed by atoms with Gasteiger partial charge in [0.25, 0.3) is 0 Å². The summed E-state index contributed by atoms with van der Waals surface area (Å²) in [6.07, 6.45) is 1.35. The lowest BCUT2D eigenvalue weighted by Gasteiger charge is -2.09. The second-order valence-electron chi connectivity index (χ2n) is 5.65. The van der Waals surface area contributed by atoms with Gasteiger partial charge in [0, 0.05) is 5.69 Å². The van der Waals surface area contributed by atoms with Crippen molar-refractivity contribution in [3.8, 4) is 5.75 Å². The third-order valence-electron chi connectivity index (χ3n) is 3.68. The molecule has 0 saturated carbocycles. The van der Waals surface area contributed by atoms with Crippen LogP contribution in [-0.4, -0.2) is 35.7 Å². The maximum Gasteiger partial charge on any atom is 0.341 e. The normalized spacial score (nSPS) is 10.4. The zero-order chi connectivity index (χ0) is 19.8. The number of carbonyl (C=O) groups is 3. The van der Waals surface area contributed by atoms with Gasteiger partial charge in [-0.1, -0.05) is 12.1 Å². The predicted molar refractivity (Wildman–Crippen MR) is 99.9 cm³/mol. The number of hydrogen-bond donors (Lipinski definition) is 3. The molecule has 2 rings (SSSR count). The number of benzene rings is 2. The van der Waals surface area contributed by atoms with E-state index in [1.54, 1.807) is 36.4 Å². The van der Waals surface area contributed by atoms with E-state index in [1.807, 2.05) is 19.9 Å². The number of aliphatic carboxylic acids is 1. The van der Waals surface area contributed by atoms with Crippen LogP contribution >= 0.6 is 0 Å². The molecule has 0 aliphatic rings. The van der Waals surface area contributed by atoms with Crippen molar-refractivity contribution in [1.29, 1.82) is 0 Å². The lowest BCUT2D eigenvalue weighted by atomic mass is 10.1. The van der Waals surface area contributed by atoms with Crippen LogP contribution in [0.15, 0.2) is 47.6 Å². The third kappa shape index (κ3) is 5.96. The molecule has 0 aliphatic heterocycles. The van der Waals surface area contributed by atoms with Gasteiger partial charge < -0.3 is 15.2 Å². The van der Waals surface area contributed by atoms with Crippen molar-refractivity contribution in [1.82, 2.24) is 5.43 Å². The Morgan fingerprint density at radius 1 is 1.07 bits per heavy atom. The van der Waals surface area contributed by atoms with Crippen LogP contribution in [0.4, 0.5) is 5.69 Å². The van der Waals surface area contributed by atoms with Gasteiger partial charge in [0.2, 0.25) is 0 Å². The molecule has 27 heavy (non-hydrogen) atoms. The Labute approximate surface area is 155 Å². The molecule has 0 unspecified atom stereocenters. The molecule has 0 atom stereocenters. The fourth-order valence-electron chi connectivity index (χ4n) is 2.08. The summed E-state index contributed by atoms with van der Waals surface area (Å²) in [6, 6.07) is 11.8. The van der Waals surface area contributed by atoms with Crippen LogP contribution in [0.1, 0.15) is 16.7 Å². The number of carbonyl (C=O) groups excluding carboxylic acids is 2. The zero-order valence-corrected chi connectivity index (χ0v) is 14.9. The van der Waals surface area contributed by atoms with E-state index in [-0.39, 0.29) is 0 Å². The van der Waals surface area contributed by atoms with E-state index < -0.39 is 24.4 Å².